The summed E-state index contributed by atoms with van der Waals surface area (Å²) in [5.74, 6) is 3.20. The van der Waals surface area contributed by atoms with Crippen LogP contribution in [0.25, 0.3) is 11.2 Å². The summed E-state index contributed by atoms with van der Waals surface area (Å²) in [6.07, 6.45) is 12.0. The van der Waals surface area contributed by atoms with Crippen LogP contribution in [0.3, 0.4) is 0 Å². The average Bonchev–Trinajstić information content (AvgIpc) is 3.33. The van der Waals surface area contributed by atoms with Gasteiger partial charge in [0.1, 0.15) is 12.1 Å². The van der Waals surface area contributed by atoms with Crippen LogP contribution in [-0.4, -0.2) is 36.5 Å². The minimum absolute atomic E-state index is 0.100. The van der Waals surface area contributed by atoms with Crippen LogP contribution in [0.2, 0.25) is 0 Å². The third-order valence-corrected chi connectivity index (χ3v) is 11.1. The highest BCUT2D eigenvalue weighted by Crippen LogP contribution is 2.68. The molecule has 0 aromatic carbocycles. The summed E-state index contributed by atoms with van der Waals surface area (Å²) in [6.45, 7) is 9.25. The molecule has 2 aromatic rings. The predicted octanol–water partition coefficient (Wildman–Crippen LogP) is 5.11. The van der Waals surface area contributed by atoms with Crippen molar-refractivity contribution in [2.75, 3.05) is 0 Å². The zero-order valence-electron chi connectivity index (χ0n) is 21.3. The van der Waals surface area contributed by atoms with Crippen LogP contribution >= 0.6 is 0 Å². The molecule has 1 N–H and O–H groups in total. The van der Waals surface area contributed by atoms with Crippen molar-refractivity contribution >= 4 is 16.9 Å². The number of Topliss-reactive ketones (excluding diaryl/α,β-unsaturated/α-hetero) is 1. The van der Waals surface area contributed by atoms with Gasteiger partial charge in [0, 0.05) is 12.1 Å². The number of hydrogen-bond donors (Lipinski definition) is 1. The minimum atomic E-state index is -0.482. The van der Waals surface area contributed by atoms with Gasteiger partial charge in [-0.3, -0.25) is 4.79 Å². The number of nitrogens with zero attached hydrogens (tertiary/aromatic N) is 4. The first-order valence-electron chi connectivity index (χ1n) is 13.5. The van der Waals surface area contributed by atoms with E-state index in [-0.39, 0.29) is 17.9 Å². The fourth-order valence-corrected chi connectivity index (χ4v) is 9.23. The predicted molar refractivity (Wildman–Crippen MR) is 131 cm³/mol. The molecule has 4 aliphatic carbocycles. The number of rotatable bonds is 3. The van der Waals surface area contributed by atoms with Gasteiger partial charge in [0.2, 0.25) is 5.65 Å². The molecule has 0 aliphatic heterocycles. The van der Waals surface area contributed by atoms with Gasteiger partial charge in [0.15, 0.2) is 5.78 Å². The summed E-state index contributed by atoms with van der Waals surface area (Å²) in [6, 6.07) is 1.98. The number of ketones is 1. The monoisotopic (exact) mass is 464 g/mol. The minimum Gasteiger partial charge on any atom is -0.390 e. The fourth-order valence-electron chi connectivity index (χ4n) is 9.23. The van der Waals surface area contributed by atoms with Gasteiger partial charge >= 0.3 is 0 Å². The Labute approximate surface area is 202 Å². The number of pyridine rings is 1. The second kappa shape index (κ2) is 7.59. The number of aliphatic hydroxyl groups is 1. The molecule has 4 fully saturated rings. The number of carbonyl (C=O) groups excluding carboxylic acids is 1. The highest BCUT2D eigenvalue weighted by atomic mass is 16.3. The van der Waals surface area contributed by atoms with Gasteiger partial charge in [0.05, 0.1) is 5.60 Å². The first-order chi connectivity index (χ1) is 16.1. The summed E-state index contributed by atoms with van der Waals surface area (Å²) in [5, 5.41) is 19.8. The normalized spacial score (nSPS) is 43.9. The summed E-state index contributed by atoms with van der Waals surface area (Å²) >= 11 is 0. The van der Waals surface area contributed by atoms with E-state index in [1.807, 2.05) is 19.9 Å². The lowest BCUT2D eigenvalue weighted by atomic mass is 9.44. The number of aryl methyl sites for hydroxylation is 1. The number of hydrogen-bond acceptors (Lipinski definition) is 5. The van der Waals surface area contributed by atoms with Crippen molar-refractivity contribution in [3.05, 3.63) is 17.8 Å². The first kappa shape index (κ1) is 22.6. The lowest BCUT2D eigenvalue weighted by Gasteiger charge is -2.61. The molecule has 0 bridgehead atoms. The molecule has 6 heteroatoms. The Balaban J connectivity index is 1.20. The van der Waals surface area contributed by atoms with Gasteiger partial charge in [-0.15, -0.1) is 5.10 Å². The zero-order valence-corrected chi connectivity index (χ0v) is 21.3. The van der Waals surface area contributed by atoms with E-state index in [2.05, 4.69) is 29.0 Å². The van der Waals surface area contributed by atoms with Gasteiger partial charge < -0.3 is 5.11 Å². The zero-order chi connectivity index (χ0) is 23.9. The van der Waals surface area contributed by atoms with Crippen LogP contribution in [0.15, 0.2) is 12.3 Å². The standard InChI is InChI=1S/C28H40N4O2/c1-17-13-23-25(29-15-17)31-32(30-23)16-24(33)22-8-7-20-19-6-5-18-14-26(2,34)11-12-27(18,3)21(19)9-10-28(20,22)4/h13,15,18-22,34H,5-12,14,16H2,1-4H3/t18-,19+,20+,21+,22-,26-,27+,28+/m1/s1. The molecule has 2 aromatic heterocycles. The largest absolute Gasteiger partial charge is 0.390 e. The Morgan fingerprint density at radius 2 is 1.82 bits per heavy atom. The van der Waals surface area contributed by atoms with Crippen molar-refractivity contribution in [2.24, 2.45) is 40.4 Å². The molecule has 6 nitrogen and oxygen atoms in total. The van der Waals surface area contributed by atoms with E-state index in [1.165, 1.54) is 25.7 Å². The molecule has 0 radical (unpaired) electrons. The molecular formula is C28H40N4O2. The SMILES string of the molecule is Cc1cnc2nn(CC(=O)[C@H]3CC[C@H]4[C@@H]5CC[C@@H]6C[C@](C)(O)CC[C@]6(C)[C@H]5CC[C@]34C)nc2c1. The lowest BCUT2D eigenvalue weighted by molar-refractivity contribution is -0.151. The third-order valence-electron chi connectivity index (χ3n) is 11.1. The maximum Gasteiger partial charge on any atom is 0.201 e. The molecule has 2 heterocycles. The van der Waals surface area contributed by atoms with E-state index in [9.17, 15) is 9.90 Å². The summed E-state index contributed by atoms with van der Waals surface area (Å²) < 4.78 is 0. The molecule has 4 saturated carbocycles. The van der Waals surface area contributed by atoms with E-state index in [0.29, 0.717) is 28.7 Å². The Morgan fingerprint density at radius 3 is 2.65 bits per heavy atom. The van der Waals surface area contributed by atoms with Crippen molar-refractivity contribution in [2.45, 2.75) is 97.6 Å². The van der Waals surface area contributed by atoms with Gasteiger partial charge in [-0.25, -0.2) is 4.98 Å². The molecule has 6 rings (SSSR count). The smallest absolute Gasteiger partial charge is 0.201 e. The number of fused-ring (bicyclic) bond motifs is 6. The van der Waals surface area contributed by atoms with E-state index < -0.39 is 5.60 Å². The Hall–Kier alpha value is -1.82. The molecule has 0 spiro atoms. The van der Waals surface area contributed by atoms with Crippen molar-refractivity contribution in [1.29, 1.82) is 0 Å². The molecule has 34 heavy (non-hydrogen) atoms. The summed E-state index contributed by atoms with van der Waals surface area (Å²) in [7, 11) is 0. The van der Waals surface area contributed by atoms with E-state index in [1.54, 1.807) is 11.0 Å². The van der Waals surface area contributed by atoms with E-state index in [0.717, 1.165) is 55.0 Å². The van der Waals surface area contributed by atoms with Crippen LogP contribution < -0.4 is 0 Å². The lowest BCUT2D eigenvalue weighted by Crippen LogP contribution is -2.55. The van der Waals surface area contributed by atoms with Crippen LogP contribution in [0, 0.1) is 47.3 Å². The third kappa shape index (κ3) is 3.38. The highest BCUT2D eigenvalue weighted by molar-refractivity contribution is 5.82. The van der Waals surface area contributed by atoms with Gasteiger partial charge in [-0.2, -0.15) is 9.90 Å². The van der Waals surface area contributed by atoms with Gasteiger partial charge in [-0.1, -0.05) is 13.8 Å². The van der Waals surface area contributed by atoms with E-state index >= 15 is 0 Å². The number of aromatic nitrogens is 4. The van der Waals surface area contributed by atoms with Crippen LogP contribution in [0.1, 0.15) is 84.1 Å². The maximum absolute atomic E-state index is 13.6. The van der Waals surface area contributed by atoms with Gasteiger partial charge in [0.25, 0.3) is 0 Å². The molecular weight excluding hydrogens is 424 g/mol. The molecule has 0 unspecified atom stereocenters. The Kier molecular flexibility index (Phi) is 5.05. The van der Waals surface area contributed by atoms with E-state index in [4.69, 9.17) is 0 Å². The average molecular weight is 465 g/mol. The maximum atomic E-state index is 13.6. The van der Waals surface area contributed by atoms with Gasteiger partial charge in [-0.05, 0) is 118 Å². The first-order valence-corrected chi connectivity index (χ1v) is 13.5. The topological polar surface area (TPSA) is 80.9 Å². The quantitative estimate of drug-likeness (QED) is 0.682. The molecule has 8 atom stereocenters. The Morgan fingerprint density at radius 1 is 1.03 bits per heavy atom. The van der Waals surface area contributed by atoms with Crippen molar-refractivity contribution in [3.63, 3.8) is 0 Å². The van der Waals surface area contributed by atoms with Crippen molar-refractivity contribution < 1.29 is 9.90 Å². The summed E-state index contributed by atoms with van der Waals surface area (Å²) in [4.78, 5) is 19.5. The molecule has 0 saturated heterocycles. The Bertz CT molecular complexity index is 1120. The van der Waals surface area contributed by atoms with Crippen LogP contribution in [0.4, 0.5) is 0 Å². The van der Waals surface area contributed by atoms with Crippen molar-refractivity contribution in [3.8, 4) is 0 Å². The summed E-state index contributed by atoms with van der Waals surface area (Å²) in [5.41, 5.74) is 2.41. The number of carbonyl (C=O) groups is 1. The molecule has 0 amide bonds. The van der Waals surface area contributed by atoms with Crippen LogP contribution in [-0.2, 0) is 11.3 Å². The second-order valence-corrected chi connectivity index (χ2v) is 13.1. The molecule has 4 aliphatic rings. The van der Waals surface area contributed by atoms with Crippen LogP contribution in [0.5, 0.6) is 0 Å². The second-order valence-electron chi connectivity index (χ2n) is 13.1. The van der Waals surface area contributed by atoms with Crippen molar-refractivity contribution in [1.82, 2.24) is 20.0 Å². The highest BCUT2D eigenvalue weighted by Gasteiger charge is 2.61. The fraction of sp³-hybridized carbons (Fsp3) is 0.786. The molecule has 184 valence electrons.